The fraction of sp³-hybridized carbons (Fsp3) is 0.417. The summed E-state index contributed by atoms with van der Waals surface area (Å²) in [7, 11) is 1.30. The van der Waals surface area contributed by atoms with E-state index >= 15 is 0 Å². The fourth-order valence-electron chi connectivity index (χ4n) is 3.32. The largest absolute Gasteiger partial charge is 0.490 e. The van der Waals surface area contributed by atoms with Gasteiger partial charge in [-0.2, -0.15) is 0 Å². The number of hydrogen-bond acceptors (Lipinski definition) is 6. The molecule has 0 aliphatic carbocycles. The van der Waals surface area contributed by atoms with Gasteiger partial charge < -0.3 is 19.7 Å². The Bertz CT molecular complexity index is 1070. The van der Waals surface area contributed by atoms with Crippen molar-refractivity contribution < 1.29 is 24.0 Å². The topological polar surface area (TPSA) is 111 Å². The second kappa shape index (κ2) is 13.2. The van der Waals surface area contributed by atoms with Crippen LogP contribution in [0.25, 0.3) is 0 Å². The minimum atomic E-state index is -0.766. The predicted molar refractivity (Wildman–Crippen MR) is 134 cm³/mol. The number of carbonyl (C=O) groups is 2. The zero-order valence-electron chi connectivity index (χ0n) is 20.0. The van der Waals surface area contributed by atoms with Crippen LogP contribution in [0.2, 0.25) is 10.0 Å². The van der Waals surface area contributed by atoms with E-state index in [2.05, 4.69) is 5.32 Å². The first kappa shape index (κ1) is 28.2. The van der Waals surface area contributed by atoms with Gasteiger partial charge in [-0.3, -0.25) is 19.7 Å². The molecule has 2 amide bonds. The normalized spacial score (nSPS) is 12.4. The summed E-state index contributed by atoms with van der Waals surface area (Å²) in [6, 6.07) is 8.05. The third-order valence-corrected chi connectivity index (χ3v) is 6.04. The zero-order chi connectivity index (χ0) is 26.1. The summed E-state index contributed by atoms with van der Waals surface area (Å²) in [4.78, 5) is 38.2. The molecule has 35 heavy (non-hydrogen) atoms. The van der Waals surface area contributed by atoms with E-state index < -0.39 is 23.5 Å². The number of halogens is 2. The highest BCUT2D eigenvalue weighted by Crippen LogP contribution is 2.31. The summed E-state index contributed by atoms with van der Waals surface area (Å²) < 4.78 is 10.7. The summed E-state index contributed by atoms with van der Waals surface area (Å²) in [6.07, 6.45) is 1.11. The van der Waals surface area contributed by atoms with E-state index in [9.17, 15) is 19.7 Å². The second-order valence-corrected chi connectivity index (χ2v) is 8.72. The van der Waals surface area contributed by atoms with E-state index in [4.69, 9.17) is 32.7 Å². The number of benzene rings is 2. The van der Waals surface area contributed by atoms with Crippen LogP contribution in [0.5, 0.6) is 11.5 Å². The van der Waals surface area contributed by atoms with Crippen LogP contribution in [0.1, 0.15) is 39.2 Å². The van der Waals surface area contributed by atoms with Gasteiger partial charge in [-0.25, -0.2) is 0 Å². The molecule has 0 bridgehead atoms. The lowest BCUT2D eigenvalue weighted by Gasteiger charge is -2.31. The van der Waals surface area contributed by atoms with Crippen molar-refractivity contribution in [3.05, 3.63) is 62.1 Å². The van der Waals surface area contributed by atoms with E-state index in [0.717, 1.165) is 6.42 Å². The summed E-state index contributed by atoms with van der Waals surface area (Å²) >= 11 is 12.3. The molecule has 2 rings (SSSR count). The molecule has 0 spiro atoms. The average Bonchev–Trinajstić information content (AvgIpc) is 2.83. The Morgan fingerprint density at radius 1 is 1.14 bits per heavy atom. The van der Waals surface area contributed by atoms with E-state index in [0.29, 0.717) is 22.0 Å². The maximum atomic E-state index is 13.3. The quantitative estimate of drug-likeness (QED) is 0.308. The molecule has 2 aromatic carbocycles. The number of nitrogens with zero attached hydrogens (tertiary/aromatic N) is 2. The van der Waals surface area contributed by atoms with Crippen LogP contribution in [0.15, 0.2) is 36.4 Å². The maximum absolute atomic E-state index is 13.3. The molecule has 0 saturated heterocycles. The number of ether oxygens (including phenoxy) is 2. The fourth-order valence-corrected chi connectivity index (χ4v) is 3.79. The van der Waals surface area contributed by atoms with E-state index in [1.807, 2.05) is 20.8 Å². The molecule has 0 heterocycles. The van der Waals surface area contributed by atoms with Crippen molar-refractivity contribution in [1.82, 2.24) is 10.2 Å². The molecule has 0 aliphatic heterocycles. The summed E-state index contributed by atoms with van der Waals surface area (Å²) in [5, 5.41) is 14.9. The van der Waals surface area contributed by atoms with Crippen LogP contribution in [0, 0.1) is 10.1 Å². The monoisotopic (exact) mass is 525 g/mol. The van der Waals surface area contributed by atoms with Crippen molar-refractivity contribution in [2.75, 3.05) is 13.7 Å². The van der Waals surface area contributed by atoms with Gasteiger partial charge in [0.15, 0.2) is 6.61 Å². The van der Waals surface area contributed by atoms with Crippen molar-refractivity contribution in [3.63, 3.8) is 0 Å². The van der Waals surface area contributed by atoms with Crippen molar-refractivity contribution in [2.24, 2.45) is 0 Å². The lowest BCUT2D eigenvalue weighted by Crippen LogP contribution is -2.51. The number of carbonyl (C=O) groups excluding carboxylic acids is 2. The zero-order valence-corrected chi connectivity index (χ0v) is 21.6. The maximum Gasteiger partial charge on any atom is 0.311 e. The SMILES string of the molecule is CCC(C)NC(=O)C(CC)N(Cc1ccc(Cl)cc1Cl)C(=O)COc1ccc([N+](=O)[O-])c(OC)c1. The Labute approximate surface area is 214 Å². The second-order valence-electron chi connectivity index (χ2n) is 7.88. The van der Waals surface area contributed by atoms with Gasteiger partial charge in [-0.15, -0.1) is 0 Å². The average molecular weight is 526 g/mol. The number of nitro groups is 1. The molecule has 0 aliphatic rings. The first-order valence-corrected chi connectivity index (χ1v) is 11.9. The molecular formula is C24H29Cl2N3O6. The lowest BCUT2D eigenvalue weighted by atomic mass is 10.1. The van der Waals surface area contributed by atoms with Crippen molar-refractivity contribution in [3.8, 4) is 11.5 Å². The lowest BCUT2D eigenvalue weighted by molar-refractivity contribution is -0.385. The molecule has 190 valence electrons. The molecule has 0 saturated carbocycles. The minimum absolute atomic E-state index is 0.00381. The Kier molecular flexibility index (Phi) is 10.6. The Balaban J connectivity index is 2.29. The van der Waals surface area contributed by atoms with Gasteiger partial charge in [-0.05, 0) is 43.5 Å². The van der Waals surface area contributed by atoms with Gasteiger partial charge in [0.2, 0.25) is 11.7 Å². The van der Waals surface area contributed by atoms with Crippen LogP contribution in [-0.4, -0.2) is 47.4 Å². The van der Waals surface area contributed by atoms with Gasteiger partial charge in [0.1, 0.15) is 11.8 Å². The van der Waals surface area contributed by atoms with Gasteiger partial charge in [0, 0.05) is 34.8 Å². The number of nitrogens with one attached hydrogen (secondary N) is 1. The smallest absolute Gasteiger partial charge is 0.311 e. The van der Waals surface area contributed by atoms with Crippen LogP contribution in [0.4, 0.5) is 5.69 Å². The number of methoxy groups -OCH3 is 1. The molecule has 11 heteroatoms. The molecule has 2 unspecified atom stereocenters. The standard InChI is InChI=1S/C24H29Cl2N3O6/c1-5-15(3)27-24(31)20(6-2)28(13-16-7-8-17(25)11-19(16)26)23(30)14-35-18-9-10-21(29(32)33)22(12-18)34-4/h7-12,15,20H,5-6,13-14H2,1-4H3,(H,27,31). The number of hydrogen-bond donors (Lipinski definition) is 1. The highest BCUT2D eigenvalue weighted by molar-refractivity contribution is 6.35. The summed E-state index contributed by atoms with van der Waals surface area (Å²) in [5.41, 5.74) is 0.397. The van der Waals surface area contributed by atoms with Gasteiger partial charge in [-0.1, -0.05) is 43.1 Å². The molecule has 0 fully saturated rings. The molecule has 0 radical (unpaired) electrons. The third-order valence-electron chi connectivity index (χ3n) is 5.45. The highest BCUT2D eigenvalue weighted by Gasteiger charge is 2.30. The minimum Gasteiger partial charge on any atom is -0.490 e. The molecule has 1 N–H and O–H groups in total. The summed E-state index contributed by atoms with van der Waals surface area (Å²) in [6.45, 7) is 5.31. The molecular weight excluding hydrogens is 497 g/mol. The van der Waals surface area contributed by atoms with Crippen molar-refractivity contribution >= 4 is 40.7 Å². The number of amides is 2. The molecule has 9 nitrogen and oxygen atoms in total. The highest BCUT2D eigenvalue weighted by atomic mass is 35.5. The molecule has 2 aromatic rings. The van der Waals surface area contributed by atoms with Crippen LogP contribution >= 0.6 is 23.2 Å². The predicted octanol–water partition coefficient (Wildman–Crippen LogP) is 5.01. The van der Waals surface area contributed by atoms with Crippen molar-refractivity contribution in [2.45, 2.75) is 52.2 Å². The van der Waals surface area contributed by atoms with Gasteiger partial charge in [0.25, 0.3) is 5.91 Å². The molecule has 2 atom stereocenters. The number of nitro benzene ring substituents is 1. The summed E-state index contributed by atoms with van der Waals surface area (Å²) in [5.74, 6) is -0.525. The van der Waals surface area contributed by atoms with E-state index in [1.165, 1.54) is 30.2 Å². The van der Waals surface area contributed by atoms with Crippen LogP contribution in [-0.2, 0) is 16.1 Å². The molecule has 0 aromatic heterocycles. The number of rotatable bonds is 12. The van der Waals surface area contributed by atoms with Crippen LogP contribution in [0.3, 0.4) is 0 Å². The third kappa shape index (κ3) is 7.73. The first-order valence-electron chi connectivity index (χ1n) is 11.1. The van der Waals surface area contributed by atoms with Crippen LogP contribution < -0.4 is 14.8 Å². The van der Waals surface area contributed by atoms with Gasteiger partial charge >= 0.3 is 5.69 Å². The van der Waals surface area contributed by atoms with Crippen molar-refractivity contribution in [1.29, 1.82) is 0 Å². The first-order chi connectivity index (χ1) is 16.6. The van der Waals surface area contributed by atoms with E-state index in [-0.39, 0.29) is 35.7 Å². The Morgan fingerprint density at radius 2 is 1.86 bits per heavy atom. The Morgan fingerprint density at radius 3 is 2.43 bits per heavy atom. The van der Waals surface area contributed by atoms with Gasteiger partial charge in [0.05, 0.1) is 12.0 Å². The van der Waals surface area contributed by atoms with E-state index in [1.54, 1.807) is 18.2 Å². The Hall–Kier alpha value is -3.04.